The highest BCUT2D eigenvalue weighted by Gasteiger charge is 2.18. The molecule has 0 aliphatic heterocycles. The molecular formula is C16H12ClN3S. The van der Waals surface area contributed by atoms with Crippen molar-refractivity contribution >= 4 is 44.1 Å². The Kier molecular flexibility index (Phi) is 2.94. The number of aromatic amines is 1. The summed E-state index contributed by atoms with van der Waals surface area (Å²) in [5.74, 6) is 0. The summed E-state index contributed by atoms with van der Waals surface area (Å²) in [5, 5.41) is 2.69. The van der Waals surface area contributed by atoms with E-state index in [0.717, 1.165) is 22.2 Å². The molecule has 1 N–H and O–H groups in total. The molecule has 4 aromatic rings. The number of aromatic nitrogens is 3. The quantitative estimate of drug-likeness (QED) is 0.526. The van der Waals surface area contributed by atoms with Crippen molar-refractivity contribution in [2.45, 2.75) is 13.3 Å². The lowest BCUT2D eigenvalue weighted by Gasteiger charge is -2.06. The van der Waals surface area contributed by atoms with Gasteiger partial charge in [0.15, 0.2) is 0 Å². The second-order valence-corrected chi connectivity index (χ2v) is 6.28. The molecule has 5 heteroatoms. The number of aryl methyl sites for hydroxylation is 1. The van der Waals surface area contributed by atoms with Gasteiger partial charge >= 0.3 is 0 Å². The minimum atomic E-state index is 0.526. The number of rotatable bonds is 2. The van der Waals surface area contributed by atoms with E-state index in [1.54, 1.807) is 11.3 Å². The molecule has 0 fully saturated rings. The van der Waals surface area contributed by atoms with E-state index in [1.807, 2.05) is 6.20 Å². The molecule has 0 saturated carbocycles. The molecule has 104 valence electrons. The molecule has 0 aliphatic rings. The van der Waals surface area contributed by atoms with Crippen molar-refractivity contribution in [1.29, 1.82) is 0 Å². The van der Waals surface area contributed by atoms with E-state index < -0.39 is 0 Å². The van der Waals surface area contributed by atoms with Crippen LogP contribution in [0.5, 0.6) is 0 Å². The van der Waals surface area contributed by atoms with Crippen LogP contribution in [0, 0.1) is 0 Å². The van der Waals surface area contributed by atoms with Crippen molar-refractivity contribution in [1.82, 2.24) is 15.0 Å². The minimum Gasteiger partial charge on any atom is -0.361 e. The van der Waals surface area contributed by atoms with Gasteiger partial charge in [0.2, 0.25) is 0 Å². The monoisotopic (exact) mass is 313 g/mol. The summed E-state index contributed by atoms with van der Waals surface area (Å²) >= 11 is 8.05. The highest BCUT2D eigenvalue weighted by molar-refractivity contribution is 7.19. The smallest absolute Gasteiger partial charge is 0.141 e. The summed E-state index contributed by atoms with van der Waals surface area (Å²) in [7, 11) is 0. The Labute approximate surface area is 130 Å². The molecule has 4 rings (SSSR count). The van der Waals surface area contributed by atoms with Crippen LogP contribution in [-0.4, -0.2) is 15.0 Å². The van der Waals surface area contributed by atoms with Gasteiger partial charge in [-0.25, -0.2) is 9.97 Å². The number of nitrogens with zero attached hydrogens (tertiary/aromatic N) is 2. The van der Waals surface area contributed by atoms with Crippen molar-refractivity contribution in [3.63, 3.8) is 0 Å². The third-order valence-corrected chi connectivity index (χ3v) is 5.23. The molecule has 0 spiro atoms. The van der Waals surface area contributed by atoms with Crippen molar-refractivity contribution in [2.24, 2.45) is 0 Å². The second-order valence-electron chi connectivity index (χ2n) is 4.84. The molecule has 3 aromatic heterocycles. The predicted octanol–water partition coefficient (Wildman–Crippen LogP) is 5.06. The maximum atomic E-state index is 6.36. The van der Waals surface area contributed by atoms with Gasteiger partial charge in [-0.3, -0.25) is 0 Å². The molecular weight excluding hydrogens is 302 g/mol. The van der Waals surface area contributed by atoms with E-state index in [4.69, 9.17) is 11.6 Å². The van der Waals surface area contributed by atoms with Gasteiger partial charge in [-0.2, -0.15) is 0 Å². The van der Waals surface area contributed by atoms with Gasteiger partial charge in [-0.1, -0.05) is 30.7 Å². The number of H-pyrrole nitrogens is 1. The highest BCUT2D eigenvalue weighted by atomic mass is 35.5. The SMILES string of the molecule is CCc1sc2ncnc(Cl)c2c1-c1cccc2[nH]ccc12. The molecule has 0 unspecified atom stereocenters. The van der Waals surface area contributed by atoms with Crippen LogP contribution in [0.4, 0.5) is 0 Å². The van der Waals surface area contributed by atoms with Crippen molar-refractivity contribution < 1.29 is 0 Å². The van der Waals surface area contributed by atoms with Crippen molar-refractivity contribution in [3.8, 4) is 11.1 Å². The standard InChI is InChI=1S/C16H12ClN3S/c1-2-12-13(14-15(17)19-8-20-16(14)21-12)10-4-3-5-11-9(10)6-7-18-11/h3-8,18H,2H2,1H3. The van der Waals surface area contributed by atoms with Crippen LogP contribution >= 0.6 is 22.9 Å². The molecule has 0 bridgehead atoms. The van der Waals surface area contributed by atoms with Crippen LogP contribution in [0.1, 0.15) is 11.8 Å². The Balaban J connectivity index is 2.17. The Bertz CT molecular complexity index is 955. The number of hydrogen-bond acceptors (Lipinski definition) is 3. The third-order valence-electron chi connectivity index (χ3n) is 3.70. The van der Waals surface area contributed by atoms with Crippen LogP contribution in [-0.2, 0) is 6.42 Å². The average Bonchev–Trinajstić information content (AvgIpc) is 3.11. The van der Waals surface area contributed by atoms with E-state index in [-0.39, 0.29) is 0 Å². The lowest BCUT2D eigenvalue weighted by molar-refractivity contribution is 1.19. The zero-order valence-electron chi connectivity index (χ0n) is 11.4. The number of halogens is 1. The zero-order valence-corrected chi connectivity index (χ0v) is 12.9. The van der Waals surface area contributed by atoms with Gasteiger partial charge in [0, 0.05) is 27.5 Å². The summed E-state index contributed by atoms with van der Waals surface area (Å²) in [4.78, 5) is 14.0. The maximum absolute atomic E-state index is 6.36. The van der Waals surface area contributed by atoms with E-state index in [2.05, 4.69) is 46.1 Å². The summed E-state index contributed by atoms with van der Waals surface area (Å²) in [6, 6.07) is 8.39. The van der Waals surface area contributed by atoms with Crippen LogP contribution < -0.4 is 0 Å². The van der Waals surface area contributed by atoms with Gasteiger partial charge in [-0.05, 0) is 24.1 Å². The number of nitrogens with one attached hydrogen (secondary N) is 1. The van der Waals surface area contributed by atoms with Crippen LogP contribution in [0.2, 0.25) is 5.15 Å². The van der Waals surface area contributed by atoms with Gasteiger partial charge in [-0.15, -0.1) is 11.3 Å². The van der Waals surface area contributed by atoms with Crippen LogP contribution in [0.25, 0.3) is 32.2 Å². The summed E-state index contributed by atoms with van der Waals surface area (Å²) in [6.45, 7) is 2.16. The van der Waals surface area contributed by atoms with Crippen LogP contribution in [0.15, 0.2) is 36.8 Å². The summed E-state index contributed by atoms with van der Waals surface area (Å²) in [5.41, 5.74) is 3.49. The number of thiophene rings is 1. The summed E-state index contributed by atoms with van der Waals surface area (Å²) < 4.78 is 0. The lowest BCUT2D eigenvalue weighted by atomic mass is 9.99. The molecule has 21 heavy (non-hydrogen) atoms. The molecule has 3 heterocycles. The fourth-order valence-electron chi connectivity index (χ4n) is 2.78. The van der Waals surface area contributed by atoms with Gasteiger partial charge in [0.05, 0.1) is 5.39 Å². The van der Waals surface area contributed by atoms with E-state index in [1.165, 1.54) is 27.7 Å². The number of fused-ring (bicyclic) bond motifs is 2. The van der Waals surface area contributed by atoms with E-state index in [0.29, 0.717) is 5.15 Å². The molecule has 0 atom stereocenters. The number of hydrogen-bond donors (Lipinski definition) is 1. The van der Waals surface area contributed by atoms with Crippen LogP contribution in [0.3, 0.4) is 0 Å². The Morgan fingerprint density at radius 1 is 1.24 bits per heavy atom. The van der Waals surface area contributed by atoms with E-state index in [9.17, 15) is 0 Å². The molecule has 3 nitrogen and oxygen atoms in total. The lowest BCUT2D eigenvalue weighted by Crippen LogP contribution is -1.85. The zero-order chi connectivity index (χ0) is 14.4. The average molecular weight is 314 g/mol. The second kappa shape index (κ2) is 4.83. The first-order chi connectivity index (χ1) is 10.3. The fourth-order valence-corrected chi connectivity index (χ4v) is 4.16. The Morgan fingerprint density at radius 3 is 3.00 bits per heavy atom. The topological polar surface area (TPSA) is 41.6 Å². The first-order valence-corrected chi connectivity index (χ1v) is 7.97. The van der Waals surface area contributed by atoms with Gasteiger partial charge < -0.3 is 4.98 Å². The first kappa shape index (κ1) is 12.8. The highest BCUT2D eigenvalue weighted by Crippen LogP contribution is 2.42. The molecule has 0 amide bonds. The third kappa shape index (κ3) is 1.87. The predicted molar refractivity (Wildman–Crippen MR) is 89.1 cm³/mol. The van der Waals surface area contributed by atoms with Crippen molar-refractivity contribution in [2.75, 3.05) is 0 Å². The van der Waals surface area contributed by atoms with Crippen molar-refractivity contribution in [3.05, 3.63) is 46.8 Å². The molecule has 1 aromatic carbocycles. The van der Waals surface area contributed by atoms with Gasteiger partial charge in [0.1, 0.15) is 16.3 Å². The molecule has 0 radical (unpaired) electrons. The molecule has 0 aliphatic carbocycles. The largest absolute Gasteiger partial charge is 0.361 e. The normalized spacial score (nSPS) is 11.5. The maximum Gasteiger partial charge on any atom is 0.141 e. The Morgan fingerprint density at radius 2 is 2.14 bits per heavy atom. The Hall–Kier alpha value is -1.91. The summed E-state index contributed by atoms with van der Waals surface area (Å²) in [6.07, 6.45) is 4.45. The minimum absolute atomic E-state index is 0.526. The van der Waals surface area contributed by atoms with Gasteiger partial charge in [0.25, 0.3) is 0 Å². The van der Waals surface area contributed by atoms with E-state index >= 15 is 0 Å². The molecule has 0 saturated heterocycles. The first-order valence-electron chi connectivity index (χ1n) is 6.78. The fraction of sp³-hybridized carbons (Fsp3) is 0.125. The number of benzene rings is 1.